The predicted molar refractivity (Wildman–Crippen MR) is 83.9 cm³/mol. The summed E-state index contributed by atoms with van der Waals surface area (Å²) in [5.41, 5.74) is 2.56. The van der Waals surface area contributed by atoms with Gasteiger partial charge in [-0.05, 0) is 29.7 Å². The molecule has 0 radical (unpaired) electrons. The summed E-state index contributed by atoms with van der Waals surface area (Å²) < 4.78 is 1.10. The Labute approximate surface area is 123 Å². The molecule has 96 valence electrons. The maximum Gasteiger partial charge on any atom is 0.0578 e. The Morgan fingerprint density at radius 1 is 1.05 bits per heavy atom. The fraction of sp³-hybridized carbons (Fsp3) is 0.176. The van der Waals surface area contributed by atoms with Gasteiger partial charge >= 0.3 is 0 Å². The maximum absolute atomic E-state index is 5.35. The quantitative estimate of drug-likeness (QED) is 0.824. The Morgan fingerprint density at radius 2 is 1.74 bits per heavy atom. The zero-order chi connectivity index (χ0) is 13.5. The van der Waals surface area contributed by atoms with Crippen molar-refractivity contribution in [3.8, 4) is 12.3 Å². The maximum atomic E-state index is 5.35. The summed E-state index contributed by atoms with van der Waals surface area (Å²) in [6, 6.07) is 19.1. The first-order valence-corrected chi connectivity index (χ1v) is 7.05. The molecule has 1 N–H and O–H groups in total. The van der Waals surface area contributed by atoms with Crippen molar-refractivity contribution in [2.45, 2.75) is 12.5 Å². The van der Waals surface area contributed by atoms with E-state index in [9.17, 15) is 0 Å². The Balaban J connectivity index is 2.14. The van der Waals surface area contributed by atoms with Crippen molar-refractivity contribution < 1.29 is 0 Å². The van der Waals surface area contributed by atoms with Crippen molar-refractivity contribution >= 4 is 15.9 Å². The minimum atomic E-state index is 0.249. The van der Waals surface area contributed by atoms with Crippen LogP contribution in [0.25, 0.3) is 0 Å². The van der Waals surface area contributed by atoms with Crippen molar-refractivity contribution in [1.29, 1.82) is 0 Å². The van der Waals surface area contributed by atoms with Crippen LogP contribution in [0.5, 0.6) is 0 Å². The molecule has 0 saturated carbocycles. The molecule has 0 bridgehead atoms. The Hall–Kier alpha value is -1.56. The first-order valence-electron chi connectivity index (χ1n) is 6.26. The van der Waals surface area contributed by atoms with Crippen molar-refractivity contribution in [3.05, 3.63) is 70.2 Å². The van der Waals surface area contributed by atoms with Gasteiger partial charge < -0.3 is 0 Å². The third-order valence-electron chi connectivity index (χ3n) is 3.01. The monoisotopic (exact) mass is 313 g/mol. The van der Waals surface area contributed by atoms with Gasteiger partial charge in [0.25, 0.3) is 0 Å². The summed E-state index contributed by atoms with van der Waals surface area (Å²) in [5, 5.41) is 3.40. The largest absolute Gasteiger partial charge is 0.299 e. The van der Waals surface area contributed by atoms with Gasteiger partial charge in [-0.2, -0.15) is 0 Å². The summed E-state index contributed by atoms with van der Waals surface area (Å²) in [4.78, 5) is 0. The molecule has 2 aromatic rings. The normalized spacial score (nSPS) is 11.8. The third-order valence-corrected chi connectivity index (χ3v) is 3.53. The topological polar surface area (TPSA) is 12.0 Å². The van der Waals surface area contributed by atoms with Crippen LogP contribution >= 0.6 is 15.9 Å². The van der Waals surface area contributed by atoms with Gasteiger partial charge in [-0.1, -0.05) is 64.3 Å². The number of hydrogen-bond donors (Lipinski definition) is 1. The number of benzene rings is 2. The van der Waals surface area contributed by atoms with Crippen molar-refractivity contribution in [1.82, 2.24) is 5.32 Å². The van der Waals surface area contributed by atoms with E-state index in [2.05, 4.69) is 75.7 Å². The zero-order valence-corrected chi connectivity index (χ0v) is 12.2. The van der Waals surface area contributed by atoms with Crippen LogP contribution in [-0.4, -0.2) is 6.54 Å². The van der Waals surface area contributed by atoms with Crippen LogP contribution in [-0.2, 0) is 6.42 Å². The highest BCUT2D eigenvalue weighted by molar-refractivity contribution is 9.10. The van der Waals surface area contributed by atoms with Gasteiger partial charge in [-0.25, -0.2) is 0 Å². The molecule has 2 aromatic carbocycles. The molecule has 0 spiro atoms. The van der Waals surface area contributed by atoms with E-state index in [0.29, 0.717) is 6.54 Å². The van der Waals surface area contributed by atoms with E-state index in [-0.39, 0.29) is 6.04 Å². The molecule has 1 nitrogen and oxygen atoms in total. The minimum Gasteiger partial charge on any atom is -0.299 e. The molecule has 0 amide bonds. The zero-order valence-electron chi connectivity index (χ0n) is 10.6. The number of nitrogens with one attached hydrogen (secondary N) is 1. The Kier molecular flexibility index (Phi) is 5.20. The van der Waals surface area contributed by atoms with Gasteiger partial charge in [-0.3, -0.25) is 5.32 Å². The van der Waals surface area contributed by atoms with Gasteiger partial charge in [-0.15, -0.1) is 6.42 Å². The Morgan fingerprint density at radius 3 is 2.37 bits per heavy atom. The highest BCUT2D eigenvalue weighted by atomic mass is 79.9. The standard InChI is InChI=1S/C17H16BrN/c1-2-12-19-17(15-6-4-3-5-7-15)13-14-8-10-16(18)11-9-14/h1,3-11,17,19H,12-13H2/t17-/m0/s1. The third kappa shape index (κ3) is 4.24. The lowest BCUT2D eigenvalue weighted by atomic mass is 9.99. The SMILES string of the molecule is C#CCN[C@@H](Cc1ccc(Br)cc1)c1ccccc1. The van der Waals surface area contributed by atoms with E-state index in [1.165, 1.54) is 11.1 Å². The predicted octanol–water partition coefficient (Wildman–Crippen LogP) is 3.96. The summed E-state index contributed by atoms with van der Waals surface area (Å²) in [7, 11) is 0. The number of halogens is 1. The van der Waals surface area contributed by atoms with Crippen LogP contribution in [0.2, 0.25) is 0 Å². The van der Waals surface area contributed by atoms with E-state index < -0.39 is 0 Å². The fourth-order valence-corrected chi connectivity index (χ4v) is 2.30. The second-order valence-electron chi connectivity index (χ2n) is 4.38. The molecular weight excluding hydrogens is 298 g/mol. The molecule has 1 atom stereocenters. The molecule has 0 aliphatic rings. The molecule has 0 aromatic heterocycles. The molecule has 0 heterocycles. The van der Waals surface area contributed by atoms with Crippen LogP contribution in [0.4, 0.5) is 0 Å². The average Bonchev–Trinajstić information content (AvgIpc) is 2.46. The molecule has 0 unspecified atom stereocenters. The van der Waals surface area contributed by atoms with Crippen molar-refractivity contribution in [2.75, 3.05) is 6.54 Å². The van der Waals surface area contributed by atoms with Crippen LogP contribution in [0.3, 0.4) is 0 Å². The van der Waals surface area contributed by atoms with Crippen LogP contribution < -0.4 is 5.32 Å². The van der Waals surface area contributed by atoms with Gasteiger partial charge in [0.15, 0.2) is 0 Å². The summed E-state index contributed by atoms with van der Waals surface area (Å²) in [6.07, 6.45) is 6.28. The molecule has 0 aliphatic carbocycles. The number of rotatable bonds is 5. The van der Waals surface area contributed by atoms with Gasteiger partial charge in [0.2, 0.25) is 0 Å². The Bertz CT molecular complexity index is 540. The average molecular weight is 314 g/mol. The van der Waals surface area contributed by atoms with Crippen LogP contribution in [0.15, 0.2) is 59.1 Å². The summed E-state index contributed by atoms with van der Waals surface area (Å²) in [5.74, 6) is 2.64. The van der Waals surface area contributed by atoms with Crippen molar-refractivity contribution in [2.24, 2.45) is 0 Å². The number of terminal acetylenes is 1. The van der Waals surface area contributed by atoms with Gasteiger partial charge in [0, 0.05) is 10.5 Å². The second-order valence-corrected chi connectivity index (χ2v) is 5.29. The van der Waals surface area contributed by atoms with E-state index in [1.807, 2.05) is 6.07 Å². The lowest BCUT2D eigenvalue weighted by Gasteiger charge is -2.18. The molecule has 0 saturated heterocycles. The van der Waals surface area contributed by atoms with E-state index >= 15 is 0 Å². The molecule has 0 fully saturated rings. The van der Waals surface area contributed by atoms with Gasteiger partial charge in [0.1, 0.15) is 0 Å². The molecule has 0 aliphatic heterocycles. The van der Waals surface area contributed by atoms with E-state index in [1.54, 1.807) is 0 Å². The number of hydrogen-bond acceptors (Lipinski definition) is 1. The molecule has 2 rings (SSSR count). The lowest BCUT2D eigenvalue weighted by molar-refractivity contribution is 0.569. The molecular formula is C17H16BrN. The lowest BCUT2D eigenvalue weighted by Crippen LogP contribution is -2.23. The van der Waals surface area contributed by atoms with Crippen LogP contribution in [0.1, 0.15) is 17.2 Å². The summed E-state index contributed by atoms with van der Waals surface area (Å²) in [6.45, 7) is 0.579. The minimum absolute atomic E-state index is 0.249. The van der Waals surface area contributed by atoms with Gasteiger partial charge in [0.05, 0.1) is 6.54 Å². The van der Waals surface area contributed by atoms with E-state index in [4.69, 9.17) is 6.42 Å². The highest BCUT2D eigenvalue weighted by Gasteiger charge is 2.10. The molecule has 19 heavy (non-hydrogen) atoms. The summed E-state index contributed by atoms with van der Waals surface area (Å²) >= 11 is 3.46. The first kappa shape index (κ1) is 13.9. The van der Waals surface area contributed by atoms with E-state index in [0.717, 1.165) is 10.9 Å². The van der Waals surface area contributed by atoms with Crippen LogP contribution in [0, 0.1) is 12.3 Å². The smallest absolute Gasteiger partial charge is 0.0578 e. The highest BCUT2D eigenvalue weighted by Crippen LogP contribution is 2.19. The molecule has 2 heteroatoms. The van der Waals surface area contributed by atoms with Crippen molar-refractivity contribution in [3.63, 3.8) is 0 Å². The fourth-order valence-electron chi connectivity index (χ4n) is 2.03. The second kappa shape index (κ2) is 7.13. The first-order chi connectivity index (χ1) is 9.29.